The number of aromatic nitrogens is 4. The standard InChI is InChI=1S/C22H20FN5O2/c1-14-8-9-16(12-19(14)23)26-20(29)10-11-27-15(2)25-21-18(22(27)30)13-24-28(21)17-6-4-3-5-7-17/h3-9,12-13H,10-11H2,1-2H3,(H,26,29). The molecule has 0 radical (unpaired) electrons. The zero-order chi connectivity index (χ0) is 21.3. The van der Waals surface area contributed by atoms with Gasteiger partial charge >= 0.3 is 0 Å². The molecule has 2 heterocycles. The van der Waals surface area contributed by atoms with Crippen LogP contribution in [0.5, 0.6) is 0 Å². The molecule has 4 aromatic rings. The molecule has 0 spiro atoms. The highest BCUT2D eigenvalue weighted by Gasteiger charge is 2.15. The quantitative estimate of drug-likeness (QED) is 0.552. The molecule has 0 aliphatic rings. The summed E-state index contributed by atoms with van der Waals surface area (Å²) < 4.78 is 16.7. The van der Waals surface area contributed by atoms with Gasteiger partial charge in [-0.3, -0.25) is 14.2 Å². The average Bonchev–Trinajstić information content (AvgIpc) is 3.15. The molecule has 0 atom stereocenters. The van der Waals surface area contributed by atoms with Gasteiger partial charge in [-0.15, -0.1) is 0 Å². The Morgan fingerprint density at radius 2 is 1.90 bits per heavy atom. The molecule has 0 bridgehead atoms. The maximum atomic E-state index is 13.6. The van der Waals surface area contributed by atoms with Gasteiger partial charge in [0.2, 0.25) is 5.91 Å². The van der Waals surface area contributed by atoms with Crippen molar-refractivity contribution in [2.75, 3.05) is 5.32 Å². The van der Waals surface area contributed by atoms with Crippen LogP contribution in [0.3, 0.4) is 0 Å². The zero-order valence-corrected chi connectivity index (χ0v) is 16.6. The molecule has 0 saturated carbocycles. The summed E-state index contributed by atoms with van der Waals surface area (Å²) in [5.74, 6) is -0.214. The average molecular weight is 405 g/mol. The lowest BCUT2D eigenvalue weighted by Crippen LogP contribution is -2.26. The van der Waals surface area contributed by atoms with Gasteiger partial charge in [-0.05, 0) is 43.7 Å². The number of halogens is 1. The monoisotopic (exact) mass is 405 g/mol. The fraction of sp³-hybridized carbons (Fsp3) is 0.182. The highest BCUT2D eigenvalue weighted by atomic mass is 19.1. The third-order valence-electron chi connectivity index (χ3n) is 4.90. The van der Waals surface area contributed by atoms with E-state index >= 15 is 0 Å². The summed E-state index contributed by atoms with van der Waals surface area (Å²) in [6.45, 7) is 3.53. The van der Waals surface area contributed by atoms with Crippen molar-refractivity contribution in [3.8, 4) is 5.69 Å². The van der Waals surface area contributed by atoms with Crippen molar-refractivity contribution in [2.45, 2.75) is 26.8 Å². The summed E-state index contributed by atoms with van der Waals surface area (Å²) in [6.07, 6.45) is 1.54. The third-order valence-corrected chi connectivity index (χ3v) is 4.90. The topological polar surface area (TPSA) is 81.8 Å². The van der Waals surface area contributed by atoms with Gasteiger partial charge in [0.1, 0.15) is 17.0 Å². The SMILES string of the molecule is Cc1ccc(NC(=O)CCn2c(C)nc3c(cnn3-c3ccccc3)c2=O)cc1F. The molecule has 1 N–H and O–H groups in total. The van der Waals surface area contributed by atoms with Crippen molar-refractivity contribution in [1.82, 2.24) is 19.3 Å². The van der Waals surface area contributed by atoms with E-state index in [-0.39, 0.29) is 30.2 Å². The molecule has 0 unspecified atom stereocenters. The number of rotatable bonds is 5. The zero-order valence-electron chi connectivity index (χ0n) is 16.6. The van der Waals surface area contributed by atoms with Crippen LogP contribution >= 0.6 is 0 Å². The summed E-state index contributed by atoms with van der Waals surface area (Å²) in [7, 11) is 0. The van der Waals surface area contributed by atoms with Gasteiger partial charge in [-0.2, -0.15) is 5.10 Å². The van der Waals surface area contributed by atoms with Crippen molar-refractivity contribution in [2.24, 2.45) is 0 Å². The maximum Gasteiger partial charge on any atom is 0.264 e. The molecule has 4 rings (SSSR count). The predicted octanol–water partition coefficient (Wildman–Crippen LogP) is 3.37. The minimum atomic E-state index is -0.384. The molecule has 0 aliphatic heterocycles. The third kappa shape index (κ3) is 3.71. The van der Waals surface area contributed by atoms with Crippen molar-refractivity contribution < 1.29 is 9.18 Å². The van der Waals surface area contributed by atoms with Crippen LogP contribution in [-0.2, 0) is 11.3 Å². The summed E-state index contributed by atoms with van der Waals surface area (Å²) in [5, 5.41) is 7.33. The maximum absolute atomic E-state index is 13.6. The predicted molar refractivity (Wildman–Crippen MR) is 112 cm³/mol. The number of para-hydroxylation sites is 1. The number of benzene rings is 2. The minimum Gasteiger partial charge on any atom is -0.326 e. The lowest BCUT2D eigenvalue weighted by Gasteiger charge is -2.11. The number of anilines is 1. The lowest BCUT2D eigenvalue weighted by atomic mass is 10.2. The molecule has 7 nitrogen and oxygen atoms in total. The van der Waals surface area contributed by atoms with E-state index in [0.29, 0.717) is 28.1 Å². The highest BCUT2D eigenvalue weighted by molar-refractivity contribution is 5.90. The van der Waals surface area contributed by atoms with E-state index in [4.69, 9.17) is 0 Å². The van der Waals surface area contributed by atoms with E-state index in [1.807, 2.05) is 30.3 Å². The van der Waals surface area contributed by atoms with Crippen molar-refractivity contribution in [3.63, 3.8) is 0 Å². The Hall–Kier alpha value is -3.81. The van der Waals surface area contributed by atoms with Crippen LogP contribution in [0.25, 0.3) is 16.7 Å². The number of amides is 1. The number of hydrogen-bond acceptors (Lipinski definition) is 4. The fourth-order valence-corrected chi connectivity index (χ4v) is 3.24. The molecular formula is C22H20FN5O2. The molecule has 30 heavy (non-hydrogen) atoms. The Morgan fingerprint density at radius 3 is 2.63 bits per heavy atom. The first kappa shape index (κ1) is 19.5. The second-order valence-electron chi connectivity index (χ2n) is 7.01. The van der Waals surface area contributed by atoms with Crippen LogP contribution in [0.1, 0.15) is 17.8 Å². The second-order valence-corrected chi connectivity index (χ2v) is 7.01. The van der Waals surface area contributed by atoms with Gasteiger partial charge in [-0.25, -0.2) is 14.1 Å². The van der Waals surface area contributed by atoms with E-state index < -0.39 is 0 Å². The van der Waals surface area contributed by atoms with Gasteiger partial charge < -0.3 is 5.32 Å². The van der Waals surface area contributed by atoms with Crippen molar-refractivity contribution in [1.29, 1.82) is 0 Å². The lowest BCUT2D eigenvalue weighted by molar-refractivity contribution is -0.116. The van der Waals surface area contributed by atoms with E-state index in [2.05, 4.69) is 15.4 Å². The molecule has 152 valence electrons. The largest absolute Gasteiger partial charge is 0.326 e. The van der Waals surface area contributed by atoms with Crippen molar-refractivity contribution in [3.05, 3.63) is 82.3 Å². The number of aryl methyl sites for hydroxylation is 2. The Kier molecular flexibility index (Phi) is 5.14. The first-order valence-corrected chi connectivity index (χ1v) is 9.50. The number of hydrogen-bond donors (Lipinski definition) is 1. The summed E-state index contributed by atoms with van der Waals surface area (Å²) in [5.41, 5.74) is 1.91. The van der Waals surface area contributed by atoms with E-state index in [9.17, 15) is 14.0 Å². The van der Waals surface area contributed by atoms with Crippen LogP contribution in [0.4, 0.5) is 10.1 Å². The van der Waals surface area contributed by atoms with Crippen LogP contribution < -0.4 is 10.9 Å². The summed E-state index contributed by atoms with van der Waals surface area (Å²) in [4.78, 5) is 29.7. The molecule has 0 aliphatic carbocycles. The van der Waals surface area contributed by atoms with Crippen LogP contribution in [0, 0.1) is 19.7 Å². The number of fused-ring (bicyclic) bond motifs is 1. The number of nitrogens with one attached hydrogen (secondary N) is 1. The smallest absolute Gasteiger partial charge is 0.264 e. The van der Waals surface area contributed by atoms with Crippen LogP contribution in [0.2, 0.25) is 0 Å². The summed E-state index contributed by atoms with van der Waals surface area (Å²) in [6, 6.07) is 13.9. The fourth-order valence-electron chi connectivity index (χ4n) is 3.24. The number of carbonyl (C=O) groups is 1. The molecule has 8 heteroatoms. The van der Waals surface area contributed by atoms with E-state index in [0.717, 1.165) is 5.69 Å². The first-order chi connectivity index (χ1) is 14.4. The Morgan fingerprint density at radius 1 is 1.13 bits per heavy atom. The Labute approximate surface area is 171 Å². The van der Waals surface area contributed by atoms with Gasteiger partial charge in [0.15, 0.2) is 5.65 Å². The van der Waals surface area contributed by atoms with Gasteiger partial charge in [0.05, 0.1) is 11.9 Å². The molecule has 2 aromatic carbocycles. The number of carbonyl (C=O) groups excluding carboxylic acids is 1. The van der Waals surface area contributed by atoms with Gasteiger partial charge in [0, 0.05) is 18.7 Å². The second kappa shape index (κ2) is 7.90. The molecule has 0 fully saturated rings. The van der Waals surface area contributed by atoms with Gasteiger partial charge in [-0.1, -0.05) is 24.3 Å². The molecule has 2 aromatic heterocycles. The van der Waals surface area contributed by atoms with E-state index in [1.165, 1.54) is 16.8 Å². The Bertz CT molecular complexity index is 1290. The highest BCUT2D eigenvalue weighted by Crippen LogP contribution is 2.15. The summed E-state index contributed by atoms with van der Waals surface area (Å²) >= 11 is 0. The number of nitrogens with zero attached hydrogens (tertiary/aromatic N) is 4. The van der Waals surface area contributed by atoms with Crippen LogP contribution in [-0.4, -0.2) is 25.2 Å². The van der Waals surface area contributed by atoms with Crippen molar-refractivity contribution >= 4 is 22.6 Å². The molecule has 1 amide bonds. The Balaban J connectivity index is 1.55. The van der Waals surface area contributed by atoms with E-state index in [1.54, 1.807) is 30.7 Å². The van der Waals surface area contributed by atoms with Gasteiger partial charge in [0.25, 0.3) is 5.56 Å². The first-order valence-electron chi connectivity index (χ1n) is 9.50. The normalized spacial score (nSPS) is 11.0. The molecular weight excluding hydrogens is 385 g/mol. The van der Waals surface area contributed by atoms with Crippen LogP contribution in [0.15, 0.2) is 59.5 Å². The minimum absolute atomic E-state index is 0.0518. The molecule has 0 saturated heterocycles.